The Morgan fingerprint density at radius 3 is 2.33 bits per heavy atom. The van der Waals surface area contributed by atoms with Crippen LogP contribution in [0.2, 0.25) is 5.02 Å². The molecule has 21 heavy (non-hydrogen) atoms. The third kappa shape index (κ3) is 5.01. The van der Waals surface area contributed by atoms with E-state index >= 15 is 0 Å². The molecule has 1 N–H and O–H groups in total. The van der Waals surface area contributed by atoms with Gasteiger partial charge in [0.25, 0.3) is 0 Å². The van der Waals surface area contributed by atoms with Crippen LogP contribution in [0.4, 0.5) is 0 Å². The summed E-state index contributed by atoms with van der Waals surface area (Å²) in [7, 11) is 1.93. The largest absolute Gasteiger partial charge is 0.320 e. The van der Waals surface area contributed by atoms with E-state index in [0.717, 1.165) is 11.6 Å². The van der Waals surface area contributed by atoms with Gasteiger partial charge in [-0.25, -0.2) is 0 Å². The number of nitrogens with one attached hydrogen (secondary N) is 1. The van der Waals surface area contributed by atoms with Crippen LogP contribution < -0.4 is 5.32 Å². The average molecular weight is 340 g/mol. The van der Waals surface area contributed by atoms with Crippen molar-refractivity contribution in [2.45, 2.75) is 6.92 Å². The van der Waals surface area contributed by atoms with Gasteiger partial charge in [0, 0.05) is 14.6 Å². The number of halogens is 2. The van der Waals surface area contributed by atoms with Crippen molar-refractivity contribution in [2.24, 2.45) is 0 Å². The molecular weight excluding hydrogens is 321 g/mol. The van der Waals surface area contributed by atoms with Crippen LogP contribution in [0.5, 0.6) is 0 Å². The summed E-state index contributed by atoms with van der Waals surface area (Å²) in [5.74, 6) is 0. The predicted molar refractivity (Wildman–Crippen MR) is 99.1 cm³/mol. The van der Waals surface area contributed by atoms with Crippen LogP contribution in [-0.2, 0) is 0 Å². The maximum absolute atomic E-state index is 5.98. The molecule has 0 aliphatic carbocycles. The molecule has 0 radical (unpaired) electrons. The molecule has 0 bridgehead atoms. The fraction of sp³-hybridized carbons (Fsp3) is 0.176. The fourth-order valence-corrected chi connectivity index (χ4v) is 2.99. The summed E-state index contributed by atoms with van der Waals surface area (Å²) < 4.78 is 1.28. The Labute approximate surface area is 141 Å². The SMILES string of the molecule is CCNC.Cl.Clc1ccc2sc(-c3ccccc3)cc2c1. The third-order valence-corrected chi connectivity index (χ3v) is 4.29. The van der Waals surface area contributed by atoms with Crippen LogP contribution in [-0.4, -0.2) is 13.6 Å². The fourth-order valence-electron chi connectivity index (χ4n) is 1.76. The van der Waals surface area contributed by atoms with Crippen molar-refractivity contribution in [3.63, 3.8) is 0 Å². The van der Waals surface area contributed by atoms with Crippen molar-refractivity contribution in [2.75, 3.05) is 13.6 Å². The van der Waals surface area contributed by atoms with Crippen LogP contribution in [0.15, 0.2) is 54.6 Å². The highest BCUT2D eigenvalue weighted by molar-refractivity contribution is 7.22. The maximum atomic E-state index is 5.98. The highest BCUT2D eigenvalue weighted by Crippen LogP contribution is 2.34. The Morgan fingerprint density at radius 1 is 1.05 bits per heavy atom. The number of rotatable bonds is 2. The van der Waals surface area contributed by atoms with Gasteiger partial charge in [0.1, 0.15) is 0 Å². The standard InChI is InChI=1S/C14H9ClS.C3H9N.ClH/c15-12-6-7-13-11(8-12)9-14(16-13)10-4-2-1-3-5-10;1-3-4-2;/h1-9H;4H,3H2,1-2H3;1H. The van der Waals surface area contributed by atoms with Crippen LogP contribution in [0.3, 0.4) is 0 Å². The molecule has 0 spiro atoms. The Balaban J connectivity index is 0.000000397. The minimum Gasteiger partial charge on any atom is -0.320 e. The van der Waals surface area contributed by atoms with Crippen molar-refractivity contribution in [3.8, 4) is 10.4 Å². The van der Waals surface area contributed by atoms with Gasteiger partial charge in [-0.2, -0.15) is 0 Å². The predicted octanol–water partition coefficient (Wildman–Crippen LogP) is 5.87. The molecule has 3 aromatic rings. The molecule has 1 nitrogen and oxygen atoms in total. The van der Waals surface area contributed by atoms with Gasteiger partial charge in [-0.15, -0.1) is 23.7 Å². The first-order valence-electron chi connectivity index (χ1n) is 6.63. The summed E-state index contributed by atoms with van der Waals surface area (Å²) in [6.07, 6.45) is 0. The first-order chi connectivity index (χ1) is 9.74. The molecule has 1 aromatic heterocycles. The monoisotopic (exact) mass is 339 g/mol. The second-order valence-electron chi connectivity index (χ2n) is 4.37. The van der Waals surface area contributed by atoms with E-state index in [1.807, 2.05) is 25.2 Å². The first-order valence-corrected chi connectivity index (χ1v) is 7.83. The van der Waals surface area contributed by atoms with Crippen LogP contribution in [0, 0.1) is 0 Å². The van der Waals surface area contributed by atoms with E-state index in [1.54, 1.807) is 11.3 Å². The second-order valence-corrected chi connectivity index (χ2v) is 5.89. The molecule has 4 heteroatoms. The number of fused-ring (bicyclic) bond motifs is 1. The quantitative estimate of drug-likeness (QED) is 0.615. The maximum Gasteiger partial charge on any atom is 0.0412 e. The molecule has 0 saturated carbocycles. The van der Waals surface area contributed by atoms with Gasteiger partial charge in [-0.3, -0.25) is 0 Å². The summed E-state index contributed by atoms with van der Waals surface area (Å²) in [6, 6.07) is 18.6. The van der Waals surface area contributed by atoms with E-state index in [4.69, 9.17) is 11.6 Å². The van der Waals surface area contributed by atoms with Gasteiger partial charge >= 0.3 is 0 Å². The Bertz CT molecular complexity index is 663. The van der Waals surface area contributed by atoms with E-state index in [0.29, 0.717) is 0 Å². The molecular formula is C17H19Cl2NS. The zero-order chi connectivity index (χ0) is 14.4. The van der Waals surface area contributed by atoms with Gasteiger partial charge in [-0.1, -0.05) is 48.9 Å². The molecule has 0 amide bonds. The third-order valence-electron chi connectivity index (χ3n) is 2.89. The average Bonchev–Trinajstić information content (AvgIpc) is 2.91. The van der Waals surface area contributed by atoms with Crippen LogP contribution in [0.1, 0.15) is 6.92 Å². The highest BCUT2D eigenvalue weighted by Gasteiger charge is 2.03. The molecule has 3 rings (SSSR count). The Hall–Kier alpha value is -1.06. The normalized spacial score (nSPS) is 9.67. The van der Waals surface area contributed by atoms with E-state index in [1.165, 1.54) is 20.5 Å². The molecule has 0 aliphatic rings. The molecule has 0 saturated heterocycles. The van der Waals surface area contributed by atoms with Crippen LogP contribution >= 0.6 is 35.3 Å². The van der Waals surface area contributed by atoms with Gasteiger partial charge in [0.05, 0.1) is 0 Å². The molecule has 0 aliphatic heterocycles. The number of benzene rings is 2. The first kappa shape index (κ1) is 18.0. The van der Waals surface area contributed by atoms with Gasteiger partial charge in [0.2, 0.25) is 0 Å². The van der Waals surface area contributed by atoms with Crippen molar-refractivity contribution in [3.05, 3.63) is 59.6 Å². The summed E-state index contributed by atoms with van der Waals surface area (Å²) in [4.78, 5) is 1.29. The summed E-state index contributed by atoms with van der Waals surface area (Å²) >= 11 is 7.78. The molecule has 0 atom stereocenters. The second kappa shape index (κ2) is 9.06. The van der Waals surface area contributed by atoms with Crippen molar-refractivity contribution in [1.29, 1.82) is 0 Å². The lowest BCUT2D eigenvalue weighted by atomic mass is 10.1. The van der Waals surface area contributed by atoms with Gasteiger partial charge in [0.15, 0.2) is 0 Å². The molecule has 0 fully saturated rings. The van der Waals surface area contributed by atoms with Crippen molar-refractivity contribution in [1.82, 2.24) is 5.32 Å². The lowest BCUT2D eigenvalue weighted by molar-refractivity contribution is 0.864. The summed E-state index contributed by atoms with van der Waals surface area (Å²) in [6.45, 7) is 3.14. The highest BCUT2D eigenvalue weighted by atomic mass is 35.5. The lowest BCUT2D eigenvalue weighted by Gasteiger charge is -1.93. The van der Waals surface area contributed by atoms with E-state index in [2.05, 4.69) is 48.6 Å². The van der Waals surface area contributed by atoms with Crippen molar-refractivity contribution < 1.29 is 0 Å². The summed E-state index contributed by atoms with van der Waals surface area (Å²) in [5, 5.41) is 4.95. The van der Waals surface area contributed by atoms with E-state index in [9.17, 15) is 0 Å². The molecule has 2 aromatic carbocycles. The Kier molecular flexibility index (Phi) is 7.76. The zero-order valence-electron chi connectivity index (χ0n) is 12.1. The number of thiophene rings is 1. The Morgan fingerprint density at radius 2 is 1.71 bits per heavy atom. The molecule has 112 valence electrons. The van der Waals surface area contributed by atoms with Crippen LogP contribution in [0.25, 0.3) is 20.5 Å². The van der Waals surface area contributed by atoms with Gasteiger partial charge in [-0.05, 0) is 48.8 Å². The summed E-state index contributed by atoms with van der Waals surface area (Å²) in [5.41, 5.74) is 1.26. The smallest absolute Gasteiger partial charge is 0.0412 e. The number of hydrogen-bond donors (Lipinski definition) is 1. The molecule has 1 heterocycles. The topological polar surface area (TPSA) is 12.0 Å². The van der Waals surface area contributed by atoms with E-state index < -0.39 is 0 Å². The van der Waals surface area contributed by atoms with Crippen molar-refractivity contribution >= 4 is 45.4 Å². The zero-order valence-corrected chi connectivity index (χ0v) is 14.5. The van der Waals surface area contributed by atoms with E-state index in [-0.39, 0.29) is 12.4 Å². The minimum atomic E-state index is 0. The minimum absolute atomic E-state index is 0. The van der Waals surface area contributed by atoms with Gasteiger partial charge < -0.3 is 5.32 Å². The lowest BCUT2D eigenvalue weighted by Crippen LogP contribution is -2.01. The number of hydrogen-bond acceptors (Lipinski definition) is 2. The molecule has 0 unspecified atom stereocenters.